The highest BCUT2D eigenvalue weighted by molar-refractivity contribution is 5.91. The molecule has 0 unspecified atom stereocenters. The van der Waals surface area contributed by atoms with Crippen LogP contribution in [0.1, 0.15) is 28.6 Å². The Balaban J connectivity index is 1.32. The number of carbonyl (C=O) groups excluding carboxylic acids is 2. The number of nitrogens with one attached hydrogen (secondary N) is 1. The van der Waals surface area contributed by atoms with Crippen molar-refractivity contribution in [3.8, 4) is 22.7 Å². The summed E-state index contributed by atoms with van der Waals surface area (Å²) >= 11 is 0. The number of esters is 1. The number of carbonyl (C=O) groups is 2. The monoisotopic (exact) mass is 422 g/mol. The van der Waals surface area contributed by atoms with Gasteiger partial charge < -0.3 is 23.4 Å². The van der Waals surface area contributed by atoms with Crippen molar-refractivity contribution in [1.82, 2.24) is 20.7 Å². The molecule has 3 heterocycles. The fourth-order valence-electron chi connectivity index (χ4n) is 2.82. The maximum atomic E-state index is 11.9. The van der Waals surface area contributed by atoms with Crippen LogP contribution in [0.2, 0.25) is 0 Å². The normalized spacial score (nSPS) is 10.7. The van der Waals surface area contributed by atoms with E-state index in [1.54, 1.807) is 13.0 Å². The minimum absolute atomic E-state index is 0.0175. The molecule has 10 heteroatoms. The van der Waals surface area contributed by atoms with Crippen LogP contribution in [0.3, 0.4) is 0 Å². The van der Waals surface area contributed by atoms with Crippen LogP contribution in [0, 0.1) is 6.92 Å². The van der Waals surface area contributed by atoms with Crippen molar-refractivity contribution >= 4 is 11.9 Å². The van der Waals surface area contributed by atoms with Gasteiger partial charge in [0, 0.05) is 12.1 Å². The molecule has 31 heavy (non-hydrogen) atoms. The first kappa shape index (κ1) is 20.1. The van der Waals surface area contributed by atoms with E-state index >= 15 is 0 Å². The van der Waals surface area contributed by atoms with Crippen LogP contribution in [-0.4, -0.2) is 33.8 Å². The third-order valence-corrected chi connectivity index (χ3v) is 4.31. The lowest BCUT2D eigenvalue weighted by Crippen LogP contribution is -2.26. The Hall–Kier alpha value is -4.21. The number of rotatable bonds is 8. The number of aromatic nitrogens is 3. The minimum Gasteiger partial charge on any atom is -0.459 e. The number of ether oxygens (including phenoxy) is 1. The Morgan fingerprint density at radius 3 is 2.71 bits per heavy atom. The summed E-state index contributed by atoms with van der Waals surface area (Å²) in [4.78, 5) is 23.6. The molecule has 3 aromatic heterocycles. The topological polar surface area (TPSA) is 133 Å². The molecule has 4 aromatic rings. The summed E-state index contributed by atoms with van der Waals surface area (Å²) in [6.07, 6.45) is 1.38. The lowest BCUT2D eigenvalue weighted by Gasteiger charge is -2.03. The van der Waals surface area contributed by atoms with Crippen molar-refractivity contribution in [1.29, 1.82) is 0 Å². The van der Waals surface area contributed by atoms with Crippen LogP contribution in [0.4, 0.5) is 0 Å². The van der Waals surface area contributed by atoms with E-state index in [1.165, 1.54) is 12.3 Å². The van der Waals surface area contributed by atoms with Gasteiger partial charge in [0.2, 0.25) is 0 Å². The number of nitrogens with zero attached hydrogens (tertiary/aromatic N) is 3. The Morgan fingerprint density at radius 2 is 1.94 bits per heavy atom. The molecule has 0 radical (unpaired) electrons. The molecule has 0 atom stereocenters. The Kier molecular flexibility index (Phi) is 5.88. The predicted octanol–water partition coefficient (Wildman–Crippen LogP) is 3.16. The third-order valence-electron chi connectivity index (χ3n) is 4.31. The molecule has 10 nitrogen and oxygen atoms in total. The zero-order chi connectivity index (χ0) is 21.6. The highest BCUT2D eigenvalue weighted by Gasteiger charge is 2.22. The molecule has 0 bridgehead atoms. The van der Waals surface area contributed by atoms with E-state index in [0.717, 1.165) is 5.56 Å². The summed E-state index contributed by atoms with van der Waals surface area (Å²) < 4.78 is 21.0. The van der Waals surface area contributed by atoms with E-state index in [1.807, 2.05) is 30.3 Å². The number of furan rings is 1. The van der Waals surface area contributed by atoms with Gasteiger partial charge in [-0.2, -0.15) is 0 Å². The van der Waals surface area contributed by atoms with Gasteiger partial charge >= 0.3 is 5.97 Å². The smallest absolute Gasteiger partial charge is 0.308 e. The van der Waals surface area contributed by atoms with Crippen molar-refractivity contribution in [2.75, 3.05) is 6.54 Å². The van der Waals surface area contributed by atoms with Gasteiger partial charge in [0.25, 0.3) is 17.7 Å². The van der Waals surface area contributed by atoms with E-state index in [0.29, 0.717) is 17.0 Å². The Bertz CT molecular complexity index is 1160. The SMILES string of the molecule is Cc1onc(-c2ccccc2)c1-c1nnc(COC(=O)CCNC(=O)c2ccco2)o1. The van der Waals surface area contributed by atoms with Gasteiger partial charge in [-0.1, -0.05) is 35.5 Å². The lowest BCUT2D eigenvalue weighted by atomic mass is 10.1. The first-order valence-electron chi connectivity index (χ1n) is 9.43. The summed E-state index contributed by atoms with van der Waals surface area (Å²) in [5.41, 5.74) is 2.01. The maximum absolute atomic E-state index is 11.9. The van der Waals surface area contributed by atoms with Gasteiger partial charge in [0.05, 0.1) is 12.7 Å². The van der Waals surface area contributed by atoms with E-state index in [4.69, 9.17) is 18.1 Å². The van der Waals surface area contributed by atoms with E-state index in [9.17, 15) is 9.59 Å². The molecule has 0 saturated carbocycles. The molecule has 1 aromatic carbocycles. The van der Waals surface area contributed by atoms with Gasteiger partial charge in [-0.15, -0.1) is 10.2 Å². The first-order valence-corrected chi connectivity index (χ1v) is 9.43. The lowest BCUT2D eigenvalue weighted by molar-refractivity contribution is -0.145. The van der Waals surface area contributed by atoms with Gasteiger partial charge in [-0.25, -0.2) is 0 Å². The second kappa shape index (κ2) is 9.08. The zero-order valence-electron chi connectivity index (χ0n) is 16.5. The Morgan fingerprint density at radius 1 is 1.10 bits per heavy atom. The van der Waals surface area contributed by atoms with Crippen molar-refractivity contribution in [3.05, 3.63) is 66.1 Å². The number of aryl methyl sites for hydroxylation is 1. The average Bonchev–Trinajstić information content (AvgIpc) is 3.54. The highest BCUT2D eigenvalue weighted by Crippen LogP contribution is 2.33. The third kappa shape index (κ3) is 4.69. The van der Waals surface area contributed by atoms with Gasteiger partial charge in [0.1, 0.15) is 17.0 Å². The largest absolute Gasteiger partial charge is 0.459 e. The Labute approximate surface area is 176 Å². The molecule has 0 aliphatic heterocycles. The summed E-state index contributed by atoms with van der Waals surface area (Å²) in [7, 11) is 0. The minimum atomic E-state index is -0.523. The molecule has 0 aliphatic rings. The number of amides is 1. The van der Waals surface area contributed by atoms with Crippen LogP contribution < -0.4 is 5.32 Å². The summed E-state index contributed by atoms with van der Waals surface area (Å²) in [6.45, 7) is 1.66. The van der Waals surface area contributed by atoms with Gasteiger partial charge in [-0.05, 0) is 19.1 Å². The van der Waals surface area contributed by atoms with Crippen LogP contribution in [0.5, 0.6) is 0 Å². The number of hydrogen-bond donors (Lipinski definition) is 1. The number of hydrogen-bond acceptors (Lipinski definition) is 9. The molecular formula is C21H18N4O6. The second-order valence-electron chi connectivity index (χ2n) is 6.47. The molecule has 0 spiro atoms. The van der Waals surface area contributed by atoms with Crippen LogP contribution in [-0.2, 0) is 16.1 Å². The van der Waals surface area contributed by atoms with Crippen molar-refractivity contribution in [2.45, 2.75) is 20.0 Å². The fourth-order valence-corrected chi connectivity index (χ4v) is 2.82. The molecule has 0 aliphatic carbocycles. The molecule has 0 saturated heterocycles. The molecule has 0 fully saturated rings. The van der Waals surface area contributed by atoms with E-state index in [2.05, 4.69) is 20.7 Å². The van der Waals surface area contributed by atoms with E-state index < -0.39 is 11.9 Å². The molecule has 158 valence electrons. The average molecular weight is 422 g/mol. The van der Waals surface area contributed by atoms with Gasteiger partial charge in [0.15, 0.2) is 12.4 Å². The van der Waals surface area contributed by atoms with Crippen molar-refractivity contribution < 1.29 is 27.7 Å². The van der Waals surface area contributed by atoms with Crippen LogP contribution >= 0.6 is 0 Å². The highest BCUT2D eigenvalue weighted by atomic mass is 16.5. The molecule has 1 N–H and O–H groups in total. The fraction of sp³-hybridized carbons (Fsp3) is 0.190. The predicted molar refractivity (Wildman–Crippen MR) is 105 cm³/mol. The molecule has 4 rings (SSSR count). The van der Waals surface area contributed by atoms with Crippen molar-refractivity contribution in [3.63, 3.8) is 0 Å². The first-order chi connectivity index (χ1) is 15.1. The summed E-state index contributed by atoms with van der Waals surface area (Å²) in [5, 5.41) is 14.6. The quantitative estimate of drug-likeness (QED) is 0.425. The number of benzene rings is 1. The van der Waals surface area contributed by atoms with Crippen molar-refractivity contribution in [2.24, 2.45) is 0 Å². The second-order valence-corrected chi connectivity index (χ2v) is 6.47. The summed E-state index contributed by atoms with van der Waals surface area (Å²) in [5.74, 6) is 0.115. The van der Waals surface area contributed by atoms with Crippen LogP contribution in [0.15, 0.2) is 62.1 Å². The summed E-state index contributed by atoms with van der Waals surface area (Å²) in [6, 6.07) is 12.6. The van der Waals surface area contributed by atoms with Crippen LogP contribution in [0.25, 0.3) is 22.7 Å². The molecular weight excluding hydrogens is 404 g/mol. The standard InChI is InChI=1S/C21H18N4O6/c1-13-18(19(25-31-13)14-6-3-2-4-7-14)21-24-23-16(30-21)12-29-17(26)9-10-22-20(27)15-8-5-11-28-15/h2-8,11H,9-10,12H2,1H3,(H,22,27). The van der Waals surface area contributed by atoms with Gasteiger partial charge in [-0.3, -0.25) is 9.59 Å². The maximum Gasteiger partial charge on any atom is 0.308 e. The zero-order valence-corrected chi connectivity index (χ0v) is 16.5. The molecule has 1 amide bonds. The van der Waals surface area contributed by atoms with E-state index in [-0.39, 0.29) is 37.1 Å².